The highest BCUT2D eigenvalue weighted by Crippen LogP contribution is 2.30. The van der Waals surface area contributed by atoms with Crippen molar-refractivity contribution in [2.75, 3.05) is 55.1 Å². The predicted octanol–water partition coefficient (Wildman–Crippen LogP) is 2.81. The lowest BCUT2D eigenvalue weighted by Crippen LogP contribution is -2.59. The molecule has 11 atom stereocenters. The lowest BCUT2D eigenvalue weighted by molar-refractivity contribution is -0.148. The number of carbonyl (C=O) groups excluding carboxylic acids is 7. The molecule has 1 aromatic rings. The van der Waals surface area contributed by atoms with Gasteiger partial charge in [0.2, 0.25) is 35.4 Å². The summed E-state index contributed by atoms with van der Waals surface area (Å²) < 4.78 is 17.4. The van der Waals surface area contributed by atoms with Gasteiger partial charge in [-0.25, -0.2) is 4.79 Å². The summed E-state index contributed by atoms with van der Waals surface area (Å²) in [5.41, 5.74) is 7.28. The van der Waals surface area contributed by atoms with E-state index in [1.165, 1.54) is 21.1 Å². The van der Waals surface area contributed by atoms with Crippen molar-refractivity contribution in [2.45, 2.75) is 175 Å². The maximum absolute atomic E-state index is 14.5. The van der Waals surface area contributed by atoms with Crippen LogP contribution in [-0.2, 0) is 59.0 Å². The van der Waals surface area contributed by atoms with Crippen LogP contribution in [0.5, 0.6) is 0 Å². The fourth-order valence-corrected chi connectivity index (χ4v) is 9.76. The third-order valence-corrected chi connectivity index (χ3v) is 13.8. The Hall–Kier alpha value is -5.18. The average Bonchev–Trinajstić information content (AvgIpc) is 3.81. The van der Waals surface area contributed by atoms with Crippen LogP contribution in [0.1, 0.15) is 118 Å². The molecule has 0 radical (unpaired) electrons. The number of carboxylic acid groups (broad SMARTS) is 1. The maximum Gasteiger partial charge on any atom is 0.328 e. The van der Waals surface area contributed by atoms with E-state index in [1.807, 2.05) is 84.8 Å². The van der Waals surface area contributed by atoms with Gasteiger partial charge in [0.1, 0.15) is 24.2 Å². The molecule has 0 saturated carbocycles. The topological polar surface area (TPSA) is 268 Å². The first-order valence-electron chi connectivity index (χ1n) is 26.0. The number of ether oxygens (including phenoxy) is 3. The Morgan fingerprint density at radius 1 is 0.849 bits per heavy atom. The zero-order chi connectivity index (χ0) is 55.3. The van der Waals surface area contributed by atoms with Crippen LogP contribution in [0.15, 0.2) is 24.3 Å². The second-order valence-corrected chi connectivity index (χ2v) is 20.7. The molecular formula is C53H90N8O12. The van der Waals surface area contributed by atoms with E-state index in [4.69, 9.17) is 25.1 Å². The van der Waals surface area contributed by atoms with Crippen molar-refractivity contribution < 1.29 is 57.7 Å². The minimum Gasteiger partial charge on any atom is -0.480 e. The molecule has 2 rings (SSSR count). The van der Waals surface area contributed by atoms with Gasteiger partial charge in [0.25, 0.3) is 0 Å². The minimum atomic E-state index is -1.23. The van der Waals surface area contributed by atoms with Gasteiger partial charge in [0, 0.05) is 47.2 Å². The van der Waals surface area contributed by atoms with Crippen molar-refractivity contribution in [3.8, 4) is 0 Å². The molecule has 1 aliphatic heterocycles. The van der Waals surface area contributed by atoms with E-state index in [-0.39, 0.29) is 80.7 Å². The van der Waals surface area contributed by atoms with Crippen molar-refractivity contribution in [3.63, 3.8) is 0 Å². The fourth-order valence-electron chi connectivity index (χ4n) is 9.76. The van der Waals surface area contributed by atoms with E-state index in [0.29, 0.717) is 19.4 Å². The van der Waals surface area contributed by atoms with Crippen LogP contribution in [0, 0.1) is 30.6 Å². The zero-order valence-electron chi connectivity index (χ0n) is 46.2. The fraction of sp³-hybridized carbons (Fsp3) is 0.736. The largest absolute Gasteiger partial charge is 0.480 e. The van der Waals surface area contributed by atoms with Gasteiger partial charge in [0.15, 0.2) is 0 Å². The summed E-state index contributed by atoms with van der Waals surface area (Å²) in [5.74, 6) is -5.21. The van der Waals surface area contributed by atoms with Crippen molar-refractivity contribution in [3.05, 3.63) is 35.4 Å². The molecule has 414 valence electrons. The molecule has 1 aromatic carbocycles. The highest BCUT2D eigenvalue weighted by molar-refractivity contribution is 5.91. The molecular weight excluding hydrogens is 941 g/mol. The summed E-state index contributed by atoms with van der Waals surface area (Å²) in [7, 11) is 8.43. The Morgan fingerprint density at radius 3 is 2.04 bits per heavy atom. The number of carboxylic acids is 1. The SMILES string of the molecule is CCCC(C)C([C@@H](CC(=O)N1CCC[C@H]1[C@H](OC)[C@@H](C)C(=O)N[C@@H](Cc1ccc(C)cc1)C(=O)NCCCOC(=O)[C@H](C)NC(=O)CCC(N)C(=O)O)OC)N(C)C(=O)[C@@H](NC(=O)C(C(C)C)N(C)C)C(C)C. The van der Waals surface area contributed by atoms with Crippen LogP contribution < -0.4 is 27.0 Å². The van der Waals surface area contributed by atoms with Crippen molar-refractivity contribution in [2.24, 2.45) is 29.4 Å². The van der Waals surface area contributed by atoms with Gasteiger partial charge in [-0.3, -0.25) is 38.5 Å². The summed E-state index contributed by atoms with van der Waals surface area (Å²) >= 11 is 0. The molecule has 0 bridgehead atoms. The summed E-state index contributed by atoms with van der Waals surface area (Å²) in [5, 5.41) is 20.2. The molecule has 7 N–H and O–H groups in total. The van der Waals surface area contributed by atoms with E-state index < -0.39 is 90.1 Å². The smallest absolute Gasteiger partial charge is 0.328 e. The summed E-state index contributed by atoms with van der Waals surface area (Å²) in [4.78, 5) is 111. The summed E-state index contributed by atoms with van der Waals surface area (Å²) in [6.45, 7) is 17.4. The molecule has 0 spiro atoms. The lowest BCUT2D eigenvalue weighted by atomic mass is 9.88. The van der Waals surface area contributed by atoms with Gasteiger partial charge in [0.05, 0.1) is 49.3 Å². The van der Waals surface area contributed by atoms with Crippen LogP contribution in [0.3, 0.4) is 0 Å². The number of likely N-dealkylation sites (N-methyl/N-ethyl adjacent to an activating group) is 2. The predicted molar refractivity (Wildman–Crippen MR) is 278 cm³/mol. The number of rotatable bonds is 32. The van der Waals surface area contributed by atoms with Crippen molar-refractivity contribution >= 4 is 47.4 Å². The second kappa shape index (κ2) is 31.5. The first-order chi connectivity index (χ1) is 34.3. The van der Waals surface area contributed by atoms with Crippen LogP contribution in [0.4, 0.5) is 0 Å². The van der Waals surface area contributed by atoms with Gasteiger partial charge >= 0.3 is 11.9 Å². The van der Waals surface area contributed by atoms with Gasteiger partial charge < -0.3 is 56.1 Å². The summed E-state index contributed by atoms with van der Waals surface area (Å²) in [6, 6.07) is 2.15. The molecule has 20 heteroatoms. The molecule has 20 nitrogen and oxygen atoms in total. The molecule has 4 unspecified atom stereocenters. The normalized spacial score (nSPS) is 17.8. The van der Waals surface area contributed by atoms with Gasteiger partial charge in [-0.15, -0.1) is 0 Å². The average molecular weight is 1030 g/mol. The zero-order valence-corrected chi connectivity index (χ0v) is 46.2. The molecule has 0 aromatic heterocycles. The van der Waals surface area contributed by atoms with E-state index >= 15 is 0 Å². The Morgan fingerprint density at radius 2 is 1.49 bits per heavy atom. The van der Waals surface area contributed by atoms with Crippen LogP contribution >= 0.6 is 0 Å². The van der Waals surface area contributed by atoms with E-state index in [9.17, 15) is 38.4 Å². The minimum absolute atomic E-state index is 0.00688. The van der Waals surface area contributed by atoms with E-state index in [0.717, 1.165) is 24.0 Å². The number of likely N-dealkylation sites (tertiary alicyclic amines) is 1. The number of nitrogens with two attached hydrogens (primary N) is 1. The van der Waals surface area contributed by atoms with Crippen molar-refractivity contribution in [1.82, 2.24) is 36.0 Å². The number of amides is 6. The first-order valence-corrected chi connectivity index (χ1v) is 26.0. The number of hydrogen-bond acceptors (Lipinski definition) is 13. The molecule has 1 saturated heterocycles. The van der Waals surface area contributed by atoms with Gasteiger partial charge in [-0.1, -0.05) is 84.7 Å². The Labute approximate surface area is 434 Å². The number of aliphatic carboxylic acids is 1. The number of methoxy groups -OCH3 is 2. The first kappa shape index (κ1) is 63.9. The number of benzene rings is 1. The number of aryl methyl sites for hydroxylation is 1. The highest BCUT2D eigenvalue weighted by Gasteiger charge is 2.44. The van der Waals surface area contributed by atoms with Crippen LogP contribution in [0.2, 0.25) is 0 Å². The third kappa shape index (κ3) is 19.9. The molecule has 0 aliphatic carbocycles. The quantitative estimate of drug-likeness (QED) is 0.0448. The lowest BCUT2D eigenvalue weighted by Gasteiger charge is -2.41. The number of hydrogen-bond donors (Lipinski definition) is 6. The highest BCUT2D eigenvalue weighted by atomic mass is 16.5. The van der Waals surface area contributed by atoms with Gasteiger partial charge in [-0.05, 0) is 83.4 Å². The standard InChI is InChI=1S/C53H90N8O12/c1-15-18-34(7)46(60(12)51(67)44(31(2)3)58-50(66)45(32(4)5)59(10)11)41(71-13)30-43(63)61-27-16-19-40(61)47(72-14)35(8)48(64)57-39(29-37-22-20-33(6)21-23-37)49(65)55-26-17-28-73-53(70)36(9)56-42(62)25-24-38(54)52(68)69/h20-23,31-32,34-36,38-41,44-47H,15-19,24-30,54H2,1-14H3,(H,55,65)(H,56,62)(H,57,64)(H,58,66)(H,68,69)/t34?,35-,36+,38?,39+,40+,41-,44+,45?,46?,47-/m1/s1. The number of nitrogens with zero attached hydrogens (tertiary/aromatic N) is 3. The molecule has 1 heterocycles. The third-order valence-electron chi connectivity index (χ3n) is 13.8. The van der Waals surface area contributed by atoms with Crippen molar-refractivity contribution in [1.29, 1.82) is 0 Å². The summed E-state index contributed by atoms with van der Waals surface area (Å²) in [6.07, 6.45) is 1.46. The second-order valence-electron chi connectivity index (χ2n) is 20.7. The number of carbonyl (C=O) groups is 8. The number of esters is 1. The van der Waals surface area contributed by atoms with E-state index in [2.05, 4.69) is 28.2 Å². The Bertz CT molecular complexity index is 1940. The maximum atomic E-state index is 14.5. The Balaban J connectivity index is 2.23. The molecule has 1 aliphatic rings. The number of nitrogens with one attached hydrogen (secondary N) is 4. The molecule has 73 heavy (non-hydrogen) atoms. The molecule has 1 fully saturated rings. The van der Waals surface area contributed by atoms with Crippen LogP contribution in [0.25, 0.3) is 0 Å². The van der Waals surface area contributed by atoms with Gasteiger partial charge in [-0.2, -0.15) is 0 Å². The van der Waals surface area contributed by atoms with E-state index in [1.54, 1.807) is 23.8 Å². The van der Waals surface area contributed by atoms with Crippen LogP contribution in [-0.4, -0.2) is 177 Å². The Kier molecular flexibility index (Phi) is 27.6. The molecule has 6 amide bonds. The monoisotopic (exact) mass is 1030 g/mol.